The maximum Gasteiger partial charge on any atom is 0.262 e. The fourth-order valence-corrected chi connectivity index (χ4v) is 3.34. The van der Waals surface area contributed by atoms with Crippen molar-refractivity contribution in [2.24, 2.45) is 0 Å². The zero-order valence-electron chi connectivity index (χ0n) is 17.7. The van der Waals surface area contributed by atoms with Gasteiger partial charge in [-0.1, -0.05) is 36.4 Å². The van der Waals surface area contributed by atoms with Crippen LogP contribution in [0.3, 0.4) is 0 Å². The SMILES string of the molecule is CN(C)CCOc1cccc(-c2cc(-c3ccccn3)cn(-c3ccccc3)c2=O)c1. The Bertz CT molecular complexity index is 1200. The molecule has 0 saturated carbocycles. The molecular weight excluding hydrogens is 386 g/mol. The molecule has 0 saturated heterocycles. The Labute approximate surface area is 182 Å². The van der Waals surface area contributed by atoms with Crippen LogP contribution in [0.1, 0.15) is 0 Å². The number of aromatic nitrogens is 2. The molecule has 0 amide bonds. The number of hydrogen-bond donors (Lipinski definition) is 0. The molecular formula is C26H25N3O2. The van der Waals surface area contributed by atoms with Crippen molar-refractivity contribution in [3.63, 3.8) is 0 Å². The molecule has 4 aromatic rings. The molecule has 0 radical (unpaired) electrons. The summed E-state index contributed by atoms with van der Waals surface area (Å²) in [7, 11) is 4.02. The second kappa shape index (κ2) is 9.41. The Morgan fingerprint density at radius 2 is 1.71 bits per heavy atom. The van der Waals surface area contributed by atoms with E-state index in [1.54, 1.807) is 10.8 Å². The maximum atomic E-state index is 13.5. The summed E-state index contributed by atoms with van der Waals surface area (Å²) in [6, 6.07) is 25.0. The summed E-state index contributed by atoms with van der Waals surface area (Å²) in [5, 5.41) is 0. The lowest BCUT2D eigenvalue weighted by molar-refractivity contribution is 0.261. The van der Waals surface area contributed by atoms with Gasteiger partial charge >= 0.3 is 0 Å². The van der Waals surface area contributed by atoms with Gasteiger partial charge in [0.2, 0.25) is 0 Å². The van der Waals surface area contributed by atoms with Crippen molar-refractivity contribution in [3.05, 3.63) is 102 Å². The summed E-state index contributed by atoms with van der Waals surface area (Å²) >= 11 is 0. The van der Waals surface area contributed by atoms with Gasteiger partial charge in [-0.05, 0) is 62.1 Å². The number of pyridine rings is 2. The molecule has 0 N–H and O–H groups in total. The average Bonchev–Trinajstić information content (AvgIpc) is 2.80. The van der Waals surface area contributed by atoms with Crippen molar-refractivity contribution in [1.29, 1.82) is 0 Å². The molecule has 0 fully saturated rings. The van der Waals surface area contributed by atoms with Crippen LogP contribution < -0.4 is 10.3 Å². The first-order valence-corrected chi connectivity index (χ1v) is 10.2. The number of para-hydroxylation sites is 1. The van der Waals surface area contributed by atoms with Gasteiger partial charge in [0, 0.05) is 35.8 Å². The number of ether oxygens (including phenoxy) is 1. The lowest BCUT2D eigenvalue weighted by atomic mass is 10.0. The van der Waals surface area contributed by atoms with Gasteiger partial charge in [0.1, 0.15) is 12.4 Å². The normalized spacial score (nSPS) is 10.9. The lowest BCUT2D eigenvalue weighted by Crippen LogP contribution is -2.20. The van der Waals surface area contributed by atoms with Crippen LogP contribution in [-0.4, -0.2) is 41.7 Å². The molecule has 5 nitrogen and oxygen atoms in total. The summed E-state index contributed by atoms with van der Waals surface area (Å²) in [5.74, 6) is 0.744. The molecule has 31 heavy (non-hydrogen) atoms. The summed E-state index contributed by atoms with van der Waals surface area (Å²) < 4.78 is 7.57. The Balaban J connectivity index is 1.81. The zero-order valence-corrected chi connectivity index (χ0v) is 17.7. The molecule has 0 atom stereocenters. The van der Waals surface area contributed by atoms with Crippen LogP contribution in [-0.2, 0) is 0 Å². The van der Waals surface area contributed by atoms with Crippen molar-refractivity contribution >= 4 is 0 Å². The van der Waals surface area contributed by atoms with E-state index in [0.717, 1.165) is 34.8 Å². The van der Waals surface area contributed by atoms with Crippen LogP contribution in [0.4, 0.5) is 0 Å². The van der Waals surface area contributed by atoms with E-state index < -0.39 is 0 Å². The van der Waals surface area contributed by atoms with E-state index in [4.69, 9.17) is 4.74 Å². The highest BCUT2D eigenvalue weighted by atomic mass is 16.5. The number of hydrogen-bond acceptors (Lipinski definition) is 4. The largest absolute Gasteiger partial charge is 0.492 e. The fraction of sp³-hybridized carbons (Fsp3) is 0.154. The molecule has 0 spiro atoms. The lowest BCUT2D eigenvalue weighted by Gasteiger charge is -2.14. The van der Waals surface area contributed by atoms with E-state index in [0.29, 0.717) is 12.2 Å². The second-order valence-corrected chi connectivity index (χ2v) is 7.55. The quantitative estimate of drug-likeness (QED) is 0.449. The van der Waals surface area contributed by atoms with Crippen LogP contribution in [0.25, 0.3) is 28.1 Å². The van der Waals surface area contributed by atoms with E-state index in [1.807, 2.05) is 99.2 Å². The number of benzene rings is 2. The maximum absolute atomic E-state index is 13.5. The number of rotatable bonds is 7. The minimum Gasteiger partial charge on any atom is -0.492 e. The van der Waals surface area contributed by atoms with Crippen molar-refractivity contribution in [1.82, 2.24) is 14.5 Å². The van der Waals surface area contributed by atoms with Gasteiger partial charge in [0.25, 0.3) is 5.56 Å². The Morgan fingerprint density at radius 1 is 0.903 bits per heavy atom. The van der Waals surface area contributed by atoms with Crippen molar-refractivity contribution in [3.8, 4) is 33.8 Å². The summed E-state index contributed by atoms with van der Waals surface area (Å²) in [4.78, 5) is 20.0. The third-order valence-electron chi connectivity index (χ3n) is 4.96. The van der Waals surface area contributed by atoms with Gasteiger partial charge in [-0.3, -0.25) is 14.3 Å². The van der Waals surface area contributed by atoms with E-state index in [2.05, 4.69) is 9.88 Å². The molecule has 0 aliphatic heterocycles. The standard InChI is InChI=1S/C26H25N3O2/c1-28(2)15-16-31-23-12-8-9-20(17-23)24-18-21(25-13-6-7-14-27-25)19-29(26(24)30)22-10-4-3-5-11-22/h3-14,17-19H,15-16H2,1-2H3. The summed E-state index contributed by atoms with van der Waals surface area (Å²) in [6.07, 6.45) is 3.60. The van der Waals surface area contributed by atoms with E-state index in [9.17, 15) is 4.79 Å². The highest BCUT2D eigenvalue weighted by Crippen LogP contribution is 2.26. The third kappa shape index (κ3) is 4.90. The van der Waals surface area contributed by atoms with E-state index >= 15 is 0 Å². The van der Waals surface area contributed by atoms with Crippen molar-refractivity contribution < 1.29 is 4.74 Å². The molecule has 5 heteroatoms. The van der Waals surface area contributed by atoms with Gasteiger partial charge < -0.3 is 9.64 Å². The molecule has 0 bridgehead atoms. The van der Waals surface area contributed by atoms with Crippen molar-refractivity contribution in [2.75, 3.05) is 27.2 Å². The molecule has 0 unspecified atom stereocenters. The first-order valence-electron chi connectivity index (χ1n) is 10.2. The predicted octanol–water partition coefficient (Wildman–Crippen LogP) is 4.51. The number of likely N-dealkylation sites (N-methyl/N-ethyl adjacent to an activating group) is 1. The molecule has 2 aromatic carbocycles. The minimum atomic E-state index is -0.0867. The van der Waals surface area contributed by atoms with Crippen LogP contribution >= 0.6 is 0 Å². The topological polar surface area (TPSA) is 47.4 Å². The molecule has 0 aliphatic rings. The fourth-order valence-electron chi connectivity index (χ4n) is 3.34. The van der Waals surface area contributed by atoms with Crippen LogP contribution in [0, 0.1) is 0 Å². The van der Waals surface area contributed by atoms with Gasteiger partial charge in [-0.25, -0.2) is 0 Å². The zero-order chi connectivity index (χ0) is 21.6. The first kappa shape index (κ1) is 20.6. The van der Waals surface area contributed by atoms with Gasteiger partial charge in [-0.2, -0.15) is 0 Å². The van der Waals surface area contributed by atoms with Gasteiger partial charge in [-0.15, -0.1) is 0 Å². The third-order valence-corrected chi connectivity index (χ3v) is 4.96. The molecule has 156 valence electrons. The smallest absolute Gasteiger partial charge is 0.262 e. The molecule has 4 rings (SSSR count). The molecule has 2 heterocycles. The predicted molar refractivity (Wildman–Crippen MR) is 125 cm³/mol. The van der Waals surface area contributed by atoms with E-state index in [-0.39, 0.29) is 5.56 Å². The molecule has 0 aliphatic carbocycles. The first-order chi connectivity index (χ1) is 15.1. The van der Waals surface area contributed by atoms with Gasteiger partial charge in [0.15, 0.2) is 0 Å². The number of nitrogens with zero attached hydrogens (tertiary/aromatic N) is 3. The van der Waals surface area contributed by atoms with Crippen LogP contribution in [0.5, 0.6) is 5.75 Å². The molecule has 2 aromatic heterocycles. The van der Waals surface area contributed by atoms with Crippen LogP contribution in [0.15, 0.2) is 96.1 Å². The van der Waals surface area contributed by atoms with Crippen molar-refractivity contribution in [2.45, 2.75) is 0 Å². The Morgan fingerprint density at radius 3 is 2.45 bits per heavy atom. The van der Waals surface area contributed by atoms with Gasteiger partial charge in [0.05, 0.1) is 5.69 Å². The Kier molecular flexibility index (Phi) is 6.24. The second-order valence-electron chi connectivity index (χ2n) is 7.55. The highest BCUT2D eigenvalue weighted by Gasteiger charge is 2.13. The van der Waals surface area contributed by atoms with Crippen LogP contribution in [0.2, 0.25) is 0 Å². The minimum absolute atomic E-state index is 0.0867. The Hall–Kier alpha value is -3.70. The highest BCUT2D eigenvalue weighted by molar-refractivity contribution is 5.71. The average molecular weight is 412 g/mol. The summed E-state index contributed by atoms with van der Waals surface area (Å²) in [5.41, 5.74) is 3.82. The monoisotopic (exact) mass is 411 g/mol. The summed E-state index contributed by atoms with van der Waals surface area (Å²) in [6.45, 7) is 1.40. The van der Waals surface area contributed by atoms with E-state index in [1.165, 1.54) is 0 Å².